The Morgan fingerprint density at radius 1 is 1.55 bits per heavy atom. The molecule has 2 rings (SSSR count). The molecule has 1 aliphatic rings. The predicted octanol–water partition coefficient (Wildman–Crippen LogP) is 1.35. The van der Waals surface area contributed by atoms with Gasteiger partial charge in [0.2, 0.25) is 5.91 Å². The van der Waals surface area contributed by atoms with Crippen LogP contribution in [-0.2, 0) is 9.59 Å². The quantitative estimate of drug-likeness (QED) is 0.826. The number of aliphatic imine (C=N–C) groups is 1. The molecule has 0 saturated carbocycles. The van der Waals surface area contributed by atoms with Crippen LogP contribution in [0.3, 0.4) is 0 Å². The molecule has 1 aliphatic heterocycles. The Bertz CT molecular complexity index is 603. The molecule has 106 valence electrons. The first-order valence-corrected chi connectivity index (χ1v) is 7.13. The summed E-state index contributed by atoms with van der Waals surface area (Å²) >= 11 is 7.02. The average Bonchev–Trinajstić information content (AvgIpc) is 2.38. The first-order valence-electron chi connectivity index (χ1n) is 5.87. The molecule has 0 unspecified atom stereocenters. The summed E-state index contributed by atoms with van der Waals surface area (Å²) in [7, 11) is 1.56. The highest BCUT2D eigenvalue weighted by Crippen LogP contribution is 2.29. The molecular weight excluding hydrogens is 300 g/mol. The van der Waals surface area contributed by atoms with E-state index in [-0.39, 0.29) is 12.3 Å². The van der Waals surface area contributed by atoms with Gasteiger partial charge in [0.1, 0.15) is 0 Å². The summed E-state index contributed by atoms with van der Waals surface area (Å²) in [5.41, 5.74) is 1.49. The summed E-state index contributed by atoms with van der Waals surface area (Å²) < 4.78 is 0. The number of amidine groups is 1. The van der Waals surface area contributed by atoms with Gasteiger partial charge in [0.25, 0.3) is 0 Å². The lowest BCUT2D eigenvalue weighted by molar-refractivity contribution is -0.304. The number of aryl methyl sites for hydroxylation is 1. The van der Waals surface area contributed by atoms with Gasteiger partial charge in [-0.3, -0.25) is 9.69 Å². The summed E-state index contributed by atoms with van der Waals surface area (Å²) in [6.45, 7) is 1.87. The zero-order valence-electron chi connectivity index (χ0n) is 10.9. The van der Waals surface area contributed by atoms with Gasteiger partial charge < -0.3 is 9.90 Å². The van der Waals surface area contributed by atoms with Gasteiger partial charge in [-0.2, -0.15) is 0 Å². The molecule has 0 bridgehead atoms. The number of nitrogens with zero attached hydrogens (tertiary/aromatic N) is 2. The second kappa shape index (κ2) is 5.85. The smallest absolute Gasteiger partial charge is 0.229 e. The zero-order valence-corrected chi connectivity index (χ0v) is 12.5. The second-order valence-corrected chi connectivity index (χ2v) is 5.99. The van der Waals surface area contributed by atoms with Crippen LogP contribution in [0.2, 0.25) is 5.02 Å². The van der Waals surface area contributed by atoms with Crippen molar-refractivity contribution in [2.24, 2.45) is 4.99 Å². The van der Waals surface area contributed by atoms with Crippen molar-refractivity contribution < 1.29 is 14.7 Å². The fraction of sp³-hybridized carbons (Fsp3) is 0.308. The SMILES string of the molecule is Cc1ccc(N=C2S[C@@H](C(=O)[O-])CC(=O)N2C)cc1Cl. The molecule has 0 spiro atoms. The van der Waals surface area contributed by atoms with E-state index < -0.39 is 11.2 Å². The molecule has 1 atom stereocenters. The van der Waals surface area contributed by atoms with Gasteiger partial charge in [-0.05, 0) is 24.6 Å². The van der Waals surface area contributed by atoms with Crippen molar-refractivity contribution in [3.63, 3.8) is 0 Å². The van der Waals surface area contributed by atoms with Gasteiger partial charge in [0, 0.05) is 18.5 Å². The van der Waals surface area contributed by atoms with Crippen molar-refractivity contribution in [3.8, 4) is 0 Å². The standard InChI is InChI=1S/C13H13ClN2O3S/c1-7-3-4-8(5-9(7)14)15-13-16(2)11(17)6-10(20-13)12(18)19/h3-5,10H,6H2,1-2H3,(H,18,19)/p-1/t10-/m1/s1. The average molecular weight is 312 g/mol. The number of carboxylic acid groups (broad SMARTS) is 1. The van der Waals surface area contributed by atoms with E-state index in [1.807, 2.05) is 13.0 Å². The number of carboxylic acids is 1. The molecule has 5 nitrogen and oxygen atoms in total. The summed E-state index contributed by atoms with van der Waals surface area (Å²) in [6, 6.07) is 5.24. The molecule has 0 aromatic heterocycles. The highest BCUT2D eigenvalue weighted by Gasteiger charge is 2.30. The number of carbonyl (C=O) groups is 2. The van der Waals surface area contributed by atoms with E-state index in [1.165, 1.54) is 4.90 Å². The lowest BCUT2D eigenvalue weighted by Gasteiger charge is -2.29. The molecule has 1 heterocycles. The number of hydrogen-bond acceptors (Lipinski definition) is 5. The molecule has 1 amide bonds. The number of amides is 1. The van der Waals surface area contributed by atoms with Gasteiger partial charge in [-0.25, -0.2) is 4.99 Å². The maximum atomic E-state index is 11.7. The Balaban J connectivity index is 2.32. The summed E-state index contributed by atoms with van der Waals surface area (Å²) in [5, 5.41) is 10.9. The third kappa shape index (κ3) is 3.13. The van der Waals surface area contributed by atoms with Crippen molar-refractivity contribution in [2.75, 3.05) is 7.05 Å². The Morgan fingerprint density at radius 2 is 2.25 bits per heavy atom. The number of thioether (sulfide) groups is 1. The highest BCUT2D eigenvalue weighted by molar-refractivity contribution is 8.15. The number of carbonyl (C=O) groups excluding carboxylic acids is 2. The second-order valence-electron chi connectivity index (χ2n) is 4.41. The normalized spacial score (nSPS) is 21.4. The van der Waals surface area contributed by atoms with E-state index in [2.05, 4.69) is 4.99 Å². The van der Waals surface area contributed by atoms with Crippen molar-refractivity contribution in [3.05, 3.63) is 28.8 Å². The number of aliphatic carboxylic acids is 1. The van der Waals surface area contributed by atoms with Crippen LogP contribution in [0.4, 0.5) is 5.69 Å². The monoisotopic (exact) mass is 311 g/mol. The Labute approximate surface area is 125 Å². The van der Waals surface area contributed by atoms with Crippen molar-refractivity contribution >= 4 is 46.1 Å². The Kier molecular flexibility index (Phi) is 4.35. The fourth-order valence-electron chi connectivity index (χ4n) is 1.64. The third-order valence-corrected chi connectivity index (χ3v) is 4.54. The van der Waals surface area contributed by atoms with Crippen molar-refractivity contribution in [1.29, 1.82) is 0 Å². The topological polar surface area (TPSA) is 72.8 Å². The summed E-state index contributed by atoms with van der Waals surface area (Å²) in [4.78, 5) is 28.3. The van der Waals surface area contributed by atoms with Crippen LogP contribution in [0.1, 0.15) is 12.0 Å². The maximum Gasteiger partial charge on any atom is 0.229 e. The number of benzene rings is 1. The lowest BCUT2D eigenvalue weighted by Crippen LogP contribution is -2.45. The van der Waals surface area contributed by atoms with E-state index in [1.54, 1.807) is 19.2 Å². The van der Waals surface area contributed by atoms with Gasteiger partial charge in [0.05, 0.1) is 16.9 Å². The van der Waals surface area contributed by atoms with Gasteiger partial charge >= 0.3 is 0 Å². The summed E-state index contributed by atoms with van der Waals surface area (Å²) in [5.74, 6) is -1.55. The molecule has 1 fully saturated rings. The van der Waals surface area contributed by atoms with Crippen LogP contribution in [-0.4, -0.2) is 34.2 Å². The molecular formula is C13H12ClN2O3S-. The summed E-state index contributed by atoms with van der Waals surface area (Å²) in [6.07, 6.45) is -0.0861. The maximum absolute atomic E-state index is 11.7. The molecule has 1 aromatic carbocycles. The van der Waals surface area contributed by atoms with E-state index in [9.17, 15) is 14.7 Å². The molecule has 0 radical (unpaired) electrons. The molecule has 0 aliphatic carbocycles. The lowest BCUT2D eigenvalue weighted by atomic mass is 10.2. The molecule has 0 N–H and O–H groups in total. The minimum absolute atomic E-state index is 0.0861. The van der Waals surface area contributed by atoms with Crippen LogP contribution in [0.15, 0.2) is 23.2 Å². The minimum atomic E-state index is -1.26. The van der Waals surface area contributed by atoms with Crippen LogP contribution >= 0.6 is 23.4 Å². The highest BCUT2D eigenvalue weighted by atomic mass is 35.5. The zero-order chi connectivity index (χ0) is 14.9. The van der Waals surface area contributed by atoms with Crippen LogP contribution < -0.4 is 5.11 Å². The Morgan fingerprint density at radius 3 is 2.85 bits per heavy atom. The van der Waals surface area contributed by atoms with Crippen LogP contribution in [0.5, 0.6) is 0 Å². The number of rotatable bonds is 2. The van der Waals surface area contributed by atoms with Crippen molar-refractivity contribution in [2.45, 2.75) is 18.6 Å². The first-order chi connectivity index (χ1) is 9.38. The molecule has 1 aromatic rings. The van der Waals surface area contributed by atoms with Gasteiger partial charge in [-0.15, -0.1) is 0 Å². The first kappa shape index (κ1) is 14.9. The largest absolute Gasteiger partial charge is 0.549 e. The van der Waals surface area contributed by atoms with Gasteiger partial charge in [-0.1, -0.05) is 29.4 Å². The number of halogens is 1. The van der Waals surface area contributed by atoms with Crippen molar-refractivity contribution in [1.82, 2.24) is 4.90 Å². The fourth-order valence-corrected chi connectivity index (χ4v) is 2.81. The molecule has 20 heavy (non-hydrogen) atoms. The van der Waals surface area contributed by atoms with E-state index >= 15 is 0 Å². The third-order valence-electron chi connectivity index (χ3n) is 2.91. The van der Waals surface area contributed by atoms with Crippen LogP contribution in [0.25, 0.3) is 0 Å². The number of hydrogen-bond donors (Lipinski definition) is 0. The minimum Gasteiger partial charge on any atom is -0.549 e. The van der Waals surface area contributed by atoms with Gasteiger partial charge in [0.15, 0.2) is 5.17 Å². The van der Waals surface area contributed by atoms with E-state index in [4.69, 9.17) is 11.6 Å². The van der Waals surface area contributed by atoms with E-state index in [0.29, 0.717) is 15.9 Å². The predicted molar refractivity (Wildman–Crippen MR) is 77.1 cm³/mol. The Hall–Kier alpha value is -1.53. The molecule has 1 saturated heterocycles. The van der Waals surface area contributed by atoms with E-state index in [0.717, 1.165) is 17.3 Å². The molecule has 7 heteroatoms. The van der Waals surface area contributed by atoms with Crippen LogP contribution in [0, 0.1) is 6.92 Å².